The Bertz CT molecular complexity index is 620. The van der Waals surface area contributed by atoms with Gasteiger partial charge >= 0.3 is 5.97 Å². The van der Waals surface area contributed by atoms with E-state index < -0.39 is 5.97 Å². The first-order valence-corrected chi connectivity index (χ1v) is 7.82. The van der Waals surface area contributed by atoms with Crippen LogP contribution in [0.4, 0.5) is 0 Å². The number of aryl methyl sites for hydroxylation is 2. The molecule has 0 fully saturated rings. The number of hydrogen-bond acceptors (Lipinski definition) is 3. The quantitative estimate of drug-likeness (QED) is 0.717. The van der Waals surface area contributed by atoms with E-state index in [1.54, 1.807) is 0 Å². The van der Waals surface area contributed by atoms with Crippen LogP contribution in [-0.4, -0.2) is 24.3 Å². The highest BCUT2D eigenvalue weighted by Gasteiger charge is 2.01. The lowest BCUT2D eigenvalue weighted by Gasteiger charge is -2.09. The average Bonchev–Trinajstić information content (AvgIpc) is 2.58. The molecule has 0 saturated heterocycles. The van der Waals surface area contributed by atoms with Gasteiger partial charge in [0.05, 0.1) is 0 Å². The zero-order chi connectivity index (χ0) is 16.5. The van der Waals surface area contributed by atoms with Crippen LogP contribution in [0.25, 0.3) is 0 Å². The summed E-state index contributed by atoms with van der Waals surface area (Å²) < 4.78 is 11.3. The van der Waals surface area contributed by atoms with Gasteiger partial charge in [-0.05, 0) is 48.2 Å². The summed E-state index contributed by atoms with van der Waals surface area (Å²) in [7, 11) is 0. The van der Waals surface area contributed by atoms with Gasteiger partial charge in [0.2, 0.25) is 0 Å². The molecule has 0 spiro atoms. The summed E-state index contributed by atoms with van der Waals surface area (Å²) in [6.07, 6.45) is 1.65. The molecule has 4 heteroatoms. The fourth-order valence-corrected chi connectivity index (χ4v) is 2.18. The summed E-state index contributed by atoms with van der Waals surface area (Å²) in [6.45, 7) is 3.02. The number of carbonyl (C=O) groups is 1. The van der Waals surface area contributed by atoms with E-state index in [2.05, 4.69) is 19.1 Å². The SMILES string of the molecule is CCc1ccc(OCCOc2cccc(CCC(=O)O)c2)cc1. The molecule has 0 heterocycles. The summed E-state index contributed by atoms with van der Waals surface area (Å²) in [5, 5.41) is 8.71. The van der Waals surface area contributed by atoms with E-state index in [0.717, 1.165) is 23.5 Å². The summed E-state index contributed by atoms with van der Waals surface area (Å²) in [5.74, 6) is 0.776. The summed E-state index contributed by atoms with van der Waals surface area (Å²) >= 11 is 0. The Morgan fingerprint density at radius 3 is 2.30 bits per heavy atom. The van der Waals surface area contributed by atoms with Crippen LogP contribution >= 0.6 is 0 Å². The maximum Gasteiger partial charge on any atom is 0.303 e. The highest BCUT2D eigenvalue weighted by atomic mass is 16.5. The number of benzene rings is 2. The molecule has 0 unspecified atom stereocenters. The zero-order valence-electron chi connectivity index (χ0n) is 13.3. The third-order valence-electron chi connectivity index (χ3n) is 3.48. The zero-order valence-corrected chi connectivity index (χ0v) is 13.3. The summed E-state index contributed by atoms with van der Waals surface area (Å²) in [6, 6.07) is 15.6. The van der Waals surface area contributed by atoms with Crippen molar-refractivity contribution in [1.29, 1.82) is 0 Å². The Labute approximate surface area is 136 Å². The predicted octanol–water partition coefficient (Wildman–Crippen LogP) is 3.72. The lowest BCUT2D eigenvalue weighted by Crippen LogP contribution is -2.09. The van der Waals surface area contributed by atoms with Crippen LogP contribution in [-0.2, 0) is 17.6 Å². The molecule has 0 radical (unpaired) electrons. The van der Waals surface area contributed by atoms with Crippen molar-refractivity contribution in [1.82, 2.24) is 0 Å². The normalized spacial score (nSPS) is 10.3. The van der Waals surface area contributed by atoms with Gasteiger partial charge in [-0.2, -0.15) is 0 Å². The fourth-order valence-electron chi connectivity index (χ4n) is 2.18. The number of hydrogen-bond donors (Lipinski definition) is 1. The van der Waals surface area contributed by atoms with E-state index >= 15 is 0 Å². The molecule has 0 aliphatic rings. The Kier molecular flexibility index (Phi) is 6.48. The second-order valence-electron chi connectivity index (χ2n) is 5.24. The van der Waals surface area contributed by atoms with Crippen molar-refractivity contribution in [3.05, 3.63) is 59.7 Å². The van der Waals surface area contributed by atoms with Gasteiger partial charge in [0, 0.05) is 6.42 Å². The molecule has 0 saturated carbocycles. The first-order valence-electron chi connectivity index (χ1n) is 7.82. The molecular weight excluding hydrogens is 292 g/mol. The number of aliphatic carboxylic acids is 1. The number of ether oxygens (including phenoxy) is 2. The minimum atomic E-state index is -0.793. The largest absolute Gasteiger partial charge is 0.490 e. The van der Waals surface area contributed by atoms with E-state index in [1.165, 1.54) is 5.56 Å². The predicted molar refractivity (Wildman–Crippen MR) is 89.2 cm³/mol. The third-order valence-corrected chi connectivity index (χ3v) is 3.48. The molecule has 0 bridgehead atoms. The number of rotatable bonds is 9. The minimum absolute atomic E-state index is 0.125. The van der Waals surface area contributed by atoms with Crippen LogP contribution in [0.15, 0.2) is 48.5 Å². The summed E-state index contributed by atoms with van der Waals surface area (Å²) in [5.41, 5.74) is 2.24. The molecule has 0 amide bonds. The topological polar surface area (TPSA) is 55.8 Å². The van der Waals surface area contributed by atoms with Crippen LogP contribution in [0.1, 0.15) is 24.5 Å². The molecule has 4 nitrogen and oxygen atoms in total. The minimum Gasteiger partial charge on any atom is -0.490 e. The van der Waals surface area contributed by atoms with Gasteiger partial charge in [-0.15, -0.1) is 0 Å². The van der Waals surface area contributed by atoms with Crippen LogP contribution < -0.4 is 9.47 Å². The van der Waals surface area contributed by atoms with Crippen molar-refractivity contribution in [2.45, 2.75) is 26.2 Å². The average molecular weight is 314 g/mol. The molecule has 0 aromatic heterocycles. The smallest absolute Gasteiger partial charge is 0.303 e. The number of carboxylic acids is 1. The van der Waals surface area contributed by atoms with E-state index in [9.17, 15) is 4.79 Å². The molecule has 0 aliphatic heterocycles. The maximum absolute atomic E-state index is 10.6. The highest BCUT2D eigenvalue weighted by Crippen LogP contribution is 2.15. The van der Waals surface area contributed by atoms with Crippen molar-refractivity contribution in [3.8, 4) is 11.5 Å². The Morgan fingerprint density at radius 1 is 0.957 bits per heavy atom. The standard InChI is InChI=1S/C19H22O4/c1-2-15-6-9-17(10-7-15)22-12-13-23-18-5-3-4-16(14-18)8-11-19(20)21/h3-7,9-10,14H,2,8,11-13H2,1H3,(H,20,21). The molecule has 122 valence electrons. The summed E-state index contributed by atoms with van der Waals surface area (Å²) in [4.78, 5) is 10.6. The van der Waals surface area contributed by atoms with Crippen molar-refractivity contribution in [2.75, 3.05) is 13.2 Å². The molecule has 2 aromatic carbocycles. The molecule has 2 aromatic rings. The fraction of sp³-hybridized carbons (Fsp3) is 0.316. The van der Waals surface area contributed by atoms with Crippen LogP contribution in [0.5, 0.6) is 11.5 Å². The highest BCUT2D eigenvalue weighted by molar-refractivity contribution is 5.67. The first-order chi connectivity index (χ1) is 11.2. The van der Waals surface area contributed by atoms with Crippen molar-refractivity contribution in [3.63, 3.8) is 0 Å². The van der Waals surface area contributed by atoms with Crippen LogP contribution in [0, 0.1) is 0 Å². The van der Waals surface area contributed by atoms with Crippen LogP contribution in [0.3, 0.4) is 0 Å². The lowest BCUT2D eigenvalue weighted by molar-refractivity contribution is -0.136. The van der Waals surface area contributed by atoms with E-state index in [-0.39, 0.29) is 6.42 Å². The molecule has 0 aliphatic carbocycles. The molecule has 1 N–H and O–H groups in total. The molecular formula is C19H22O4. The second kappa shape index (κ2) is 8.83. The van der Waals surface area contributed by atoms with Gasteiger partial charge in [-0.25, -0.2) is 0 Å². The molecule has 23 heavy (non-hydrogen) atoms. The van der Waals surface area contributed by atoms with Crippen molar-refractivity contribution >= 4 is 5.97 Å². The van der Waals surface area contributed by atoms with Gasteiger partial charge in [-0.3, -0.25) is 4.79 Å². The molecule has 2 rings (SSSR count). The van der Waals surface area contributed by atoms with Gasteiger partial charge in [-0.1, -0.05) is 31.2 Å². The second-order valence-corrected chi connectivity index (χ2v) is 5.24. The Balaban J connectivity index is 1.75. The third kappa shape index (κ3) is 6.02. The van der Waals surface area contributed by atoms with E-state index in [4.69, 9.17) is 14.6 Å². The van der Waals surface area contributed by atoms with Gasteiger partial charge in [0.1, 0.15) is 24.7 Å². The van der Waals surface area contributed by atoms with E-state index in [0.29, 0.717) is 19.6 Å². The van der Waals surface area contributed by atoms with Gasteiger partial charge in [0.15, 0.2) is 0 Å². The Morgan fingerprint density at radius 2 is 1.65 bits per heavy atom. The van der Waals surface area contributed by atoms with Crippen molar-refractivity contribution < 1.29 is 19.4 Å². The van der Waals surface area contributed by atoms with Gasteiger partial charge in [0.25, 0.3) is 0 Å². The van der Waals surface area contributed by atoms with Crippen LogP contribution in [0.2, 0.25) is 0 Å². The van der Waals surface area contributed by atoms with Crippen molar-refractivity contribution in [2.24, 2.45) is 0 Å². The lowest BCUT2D eigenvalue weighted by atomic mass is 10.1. The first kappa shape index (κ1) is 16.9. The monoisotopic (exact) mass is 314 g/mol. The maximum atomic E-state index is 10.6. The van der Waals surface area contributed by atoms with E-state index in [1.807, 2.05) is 36.4 Å². The van der Waals surface area contributed by atoms with Gasteiger partial charge < -0.3 is 14.6 Å². The Hall–Kier alpha value is -2.49. The molecule has 0 atom stereocenters. The number of carboxylic acid groups (broad SMARTS) is 1.